The Morgan fingerprint density at radius 2 is 1.50 bits per heavy atom. The normalized spacial score (nSPS) is 13.0. The van der Waals surface area contributed by atoms with Gasteiger partial charge in [-0.15, -0.1) is 4.72 Å². The Labute approximate surface area is 62.9 Å². The Morgan fingerprint density at radius 3 is 1.60 bits per heavy atom. The van der Waals surface area contributed by atoms with Crippen LogP contribution in [0.5, 0.6) is 0 Å². The van der Waals surface area contributed by atoms with E-state index in [9.17, 15) is 8.42 Å². The van der Waals surface area contributed by atoms with Crippen molar-refractivity contribution >= 4 is 10.0 Å². The van der Waals surface area contributed by atoms with E-state index in [-0.39, 0.29) is 6.04 Å². The van der Waals surface area contributed by atoms with Crippen LogP contribution in [-0.2, 0) is 10.0 Å². The lowest BCUT2D eigenvalue weighted by Gasteiger charge is -2.08. The maximum atomic E-state index is 11.0. The first kappa shape index (κ1) is 9.91. The summed E-state index contributed by atoms with van der Waals surface area (Å²) >= 11 is 0. The van der Waals surface area contributed by atoms with Crippen molar-refractivity contribution in [3.63, 3.8) is 0 Å². The number of rotatable bonds is 3. The maximum absolute atomic E-state index is 11.0. The van der Waals surface area contributed by atoms with Crippen LogP contribution in [0.25, 0.3) is 0 Å². The van der Waals surface area contributed by atoms with Crippen molar-refractivity contribution in [2.75, 3.05) is 0 Å². The zero-order valence-electron chi connectivity index (χ0n) is 6.83. The van der Waals surface area contributed by atoms with Crippen LogP contribution in [0.3, 0.4) is 0 Å². The van der Waals surface area contributed by atoms with Crippen LogP contribution in [0.1, 0.15) is 27.7 Å². The maximum Gasteiger partial charge on any atom is 0.230 e. The van der Waals surface area contributed by atoms with E-state index in [0.717, 1.165) is 0 Å². The Bertz CT molecular complexity index is 182. The van der Waals surface area contributed by atoms with Gasteiger partial charge in [-0.1, -0.05) is 0 Å². The lowest BCUT2D eigenvalue weighted by molar-refractivity contribution is 0.558. The van der Waals surface area contributed by atoms with Crippen LogP contribution >= 0.6 is 0 Å². The van der Waals surface area contributed by atoms with Crippen LogP contribution in [0, 0.1) is 0 Å². The lowest BCUT2D eigenvalue weighted by atomic mass is 10.4. The van der Waals surface area contributed by atoms with Gasteiger partial charge in [0.15, 0.2) is 0 Å². The molecule has 0 aromatic rings. The molecule has 0 aliphatic rings. The summed E-state index contributed by atoms with van der Waals surface area (Å²) < 4.78 is 25.5. The second-order valence-corrected chi connectivity index (χ2v) is 4.95. The number of sulfonamides is 1. The fraction of sp³-hybridized carbons (Fsp3) is 1.00. The molecular weight excluding hydrogens is 150 g/mol. The van der Waals surface area contributed by atoms with E-state index < -0.39 is 15.3 Å². The molecule has 0 aliphatic carbocycles. The third-order valence-electron chi connectivity index (χ3n) is 0.953. The van der Waals surface area contributed by atoms with Crippen molar-refractivity contribution in [1.82, 2.24) is 4.72 Å². The average molecular weight is 164 g/mol. The van der Waals surface area contributed by atoms with Crippen molar-refractivity contribution in [3.8, 4) is 0 Å². The molecule has 4 heteroatoms. The van der Waals surface area contributed by atoms with Crippen LogP contribution in [0.2, 0.25) is 0 Å². The van der Waals surface area contributed by atoms with E-state index in [4.69, 9.17) is 0 Å². The predicted molar refractivity (Wildman–Crippen MR) is 41.3 cm³/mol. The summed E-state index contributed by atoms with van der Waals surface area (Å²) in [4.78, 5) is 0. The van der Waals surface area contributed by atoms with E-state index in [1.54, 1.807) is 27.7 Å². The Hall–Kier alpha value is -0.0900. The monoisotopic (exact) mass is 164 g/mol. The minimum atomic E-state index is -3.17. The molecule has 0 heterocycles. The second-order valence-electron chi connectivity index (χ2n) is 2.76. The standard InChI is InChI=1S/C6H14NO2S/c1-5(2)7-10(8,9)6(3)4/h5-6H,1-4H3. The molecule has 0 saturated carbocycles. The highest BCUT2D eigenvalue weighted by atomic mass is 32.2. The molecule has 0 unspecified atom stereocenters. The Kier molecular flexibility index (Phi) is 3.31. The molecule has 0 bridgehead atoms. The summed E-state index contributed by atoms with van der Waals surface area (Å²) in [7, 11) is -3.17. The van der Waals surface area contributed by atoms with E-state index in [1.807, 2.05) is 0 Å². The second kappa shape index (κ2) is 3.34. The molecule has 0 aliphatic heterocycles. The number of hydrogen-bond acceptors (Lipinski definition) is 2. The summed E-state index contributed by atoms with van der Waals surface area (Å²) in [6.07, 6.45) is 0. The van der Waals surface area contributed by atoms with Gasteiger partial charge in [0.1, 0.15) is 0 Å². The van der Waals surface area contributed by atoms with Crippen LogP contribution in [0.4, 0.5) is 0 Å². The molecule has 3 nitrogen and oxygen atoms in total. The summed E-state index contributed by atoms with van der Waals surface area (Å²) in [5.41, 5.74) is 0. The molecule has 0 spiro atoms. The Balaban J connectivity index is 4.16. The van der Waals surface area contributed by atoms with Crippen LogP contribution in [0.15, 0.2) is 0 Å². The third kappa shape index (κ3) is 3.17. The molecule has 1 radical (unpaired) electrons. The van der Waals surface area contributed by atoms with E-state index in [0.29, 0.717) is 0 Å². The summed E-state index contributed by atoms with van der Waals surface area (Å²) in [5, 5.41) is -0.394. The van der Waals surface area contributed by atoms with Gasteiger partial charge in [0.05, 0.1) is 5.25 Å². The molecular formula is C6H14NO2S. The number of hydrogen-bond donors (Lipinski definition) is 0. The van der Waals surface area contributed by atoms with Gasteiger partial charge in [0.25, 0.3) is 0 Å². The zero-order valence-corrected chi connectivity index (χ0v) is 7.64. The molecule has 0 aromatic heterocycles. The van der Waals surface area contributed by atoms with Crippen molar-refractivity contribution in [2.24, 2.45) is 0 Å². The largest absolute Gasteiger partial charge is 0.230 e. The minimum absolute atomic E-state index is 0.132. The van der Waals surface area contributed by atoms with Crippen molar-refractivity contribution in [1.29, 1.82) is 0 Å². The average Bonchev–Trinajstić information content (AvgIpc) is 1.60. The van der Waals surface area contributed by atoms with Gasteiger partial charge in [0, 0.05) is 6.04 Å². The van der Waals surface area contributed by atoms with Crippen molar-refractivity contribution in [2.45, 2.75) is 39.0 Å². The zero-order chi connectivity index (χ0) is 8.36. The van der Waals surface area contributed by atoms with Gasteiger partial charge in [-0.3, -0.25) is 0 Å². The van der Waals surface area contributed by atoms with Crippen molar-refractivity contribution < 1.29 is 8.42 Å². The fourth-order valence-corrected chi connectivity index (χ4v) is 1.25. The highest BCUT2D eigenvalue weighted by Gasteiger charge is 2.17. The molecule has 61 valence electrons. The molecule has 0 saturated heterocycles. The molecule has 0 fully saturated rings. The number of nitrogens with zero attached hydrogens (tertiary/aromatic N) is 1. The van der Waals surface area contributed by atoms with Gasteiger partial charge in [-0.25, -0.2) is 8.42 Å². The SMILES string of the molecule is CC(C)[N]S(=O)(=O)C(C)C. The smallest absolute Gasteiger partial charge is 0.211 e. The fourth-order valence-electron chi connectivity index (χ4n) is 0.416. The van der Waals surface area contributed by atoms with Gasteiger partial charge >= 0.3 is 0 Å². The van der Waals surface area contributed by atoms with Gasteiger partial charge in [-0.2, -0.15) is 0 Å². The first-order valence-electron chi connectivity index (χ1n) is 3.32. The molecule has 10 heavy (non-hydrogen) atoms. The molecule has 0 N–H and O–H groups in total. The van der Waals surface area contributed by atoms with Crippen LogP contribution < -0.4 is 4.72 Å². The minimum Gasteiger partial charge on any atom is -0.211 e. The van der Waals surface area contributed by atoms with E-state index >= 15 is 0 Å². The van der Waals surface area contributed by atoms with Gasteiger partial charge in [0.2, 0.25) is 10.0 Å². The van der Waals surface area contributed by atoms with Gasteiger partial charge in [-0.05, 0) is 27.7 Å². The predicted octanol–water partition coefficient (Wildman–Crippen LogP) is 0.737. The summed E-state index contributed by atoms with van der Waals surface area (Å²) in [5.74, 6) is 0. The summed E-state index contributed by atoms with van der Waals surface area (Å²) in [6, 6.07) is -0.132. The molecule has 0 aromatic carbocycles. The van der Waals surface area contributed by atoms with Crippen molar-refractivity contribution in [3.05, 3.63) is 0 Å². The topological polar surface area (TPSA) is 48.2 Å². The van der Waals surface area contributed by atoms with E-state index in [2.05, 4.69) is 4.72 Å². The molecule has 0 amide bonds. The lowest BCUT2D eigenvalue weighted by Crippen LogP contribution is -2.29. The quantitative estimate of drug-likeness (QED) is 0.617. The third-order valence-corrected chi connectivity index (χ3v) is 2.86. The van der Waals surface area contributed by atoms with E-state index in [1.165, 1.54) is 0 Å². The highest BCUT2D eigenvalue weighted by Crippen LogP contribution is 1.99. The molecule has 0 atom stereocenters. The van der Waals surface area contributed by atoms with Gasteiger partial charge < -0.3 is 0 Å². The van der Waals surface area contributed by atoms with Crippen LogP contribution in [-0.4, -0.2) is 19.7 Å². The first-order chi connectivity index (χ1) is 4.36. The molecule has 0 rings (SSSR count). The Morgan fingerprint density at radius 1 is 1.10 bits per heavy atom. The highest BCUT2D eigenvalue weighted by molar-refractivity contribution is 7.89. The summed E-state index contributed by atoms with van der Waals surface area (Å²) in [6.45, 7) is 6.75. The first-order valence-corrected chi connectivity index (χ1v) is 4.82.